The average molecular weight is 257 g/mol. The van der Waals surface area contributed by atoms with Crippen LogP contribution in [0.1, 0.15) is 25.0 Å². The molecule has 0 amide bonds. The van der Waals surface area contributed by atoms with Crippen molar-refractivity contribution in [2.45, 2.75) is 13.8 Å². The molecule has 78 valence electrons. The molecular formula is C11H9ClOS2. The molecular weight excluding hydrogens is 248 g/mol. The second kappa shape index (κ2) is 4.08. The predicted molar refractivity (Wildman–Crippen MR) is 66.6 cm³/mol. The van der Waals surface area contributed by atoms with E-state index >= 15 is 0 Å². The van der Waals surface area contributed by atoms with Crippen LogP contribution >= 0.6 is 34.3 Å². The van der Waals surface area contributed by atoms with Crippen LogP contribution in [0.15, 0.2) is 18.2 Å². The molecule has 0 unspecified atom stereocenters. The van der Waals surface area contributed by atoms with E-state index in [-0.39, 0.29) is 5.78 Å². The van der Waals surface area contributed by atoms with Gasteiger partial charge in [-0.05, 0) is 37.6 Å². The average Bonchev–Trinajstić information content (AvgIpc) is 2.71. The van der Waals surface area contributed by atoms with Crippen LogP contribution < -0.4 is 0 Å². The molecule has 2 rings (SSSR count). The number of halogens is 1. The Morgan fingerprint density at radius 3 is 2.47 bits per heavy atom. The van der Waals surface area contributed by atoms with Gasteiger partial charge in [0.15, 0.2) is 0 Å². The first-order valence-electron chi connectivity index (χ1n) is 4.45. The van der Waals surface area contributed by atoms with Crippen LogP contribution in [0.2, 0.25) is 4.34 Å². The topological polar surface area (TPSA) is 17.1 Å². The van der Waals surface area contributed by atoms with Gasteiger partial charge in [0.1, 0.15) is 0 Å². The Labute approximate surface area is 101 Å². The van der Waals surface area contributed by atoms with Crippen molar-refractivity contribution in [2.24, 2.45) is 0 Å². The van der Waals surface area contributed by atoms with Crippen molar-refractivity contribution < 1.29 is 4.79 Å². The second-order valence-corrected chi connectivity index (χ2v) is 6.27. The SMILES string of the molecule is Cc1cc(C)c(C(=O)c2ccc(Cl)s2)s1. The lowest BCUT2D eigenvalue weighted by Crippen LogP contribution is -1.96. The minimum atomic E-state index is 0.0856. The summed E-state index contributed by atoms with van der Waals surface area (Å²) in [6.45, 7) is 3.97. The molecule has 2 aromatic rings. The second-order valence-electron chi connectivity index (χ2n) is 3.30. The molecule has 2 aromatic heterocycles. The van der Waals surface area contributed by atoms with Gasteiger partial charge in [-0.15, -0.1) is 22.7 Å². The highest BCUT2D eigenvalue weighted by molar-refractivity contribution is 7.20. The Balaban J connectivity index is 2.40. The van der Waals surface area contributed by atoms with Crippen molar-refractivity contribution in [3.05, 3.63) is 42.7 Å². The largest absolute Gasteiger partial charge is 0.287 e. The maximum absolute atomic E-state index is 12.1. The van der Waals surface area contributed by atoms with Gasteiger partial charge in [-0.3, -0.25) is 4.79 Å². The normalized spacial score (nSPS) is 10.6. The van der Waals surface area contributed by atoms with Gasteiger partial charge in [0.25, 0.3) is 0 Å². The lowest BCUT2D eigenvalue weighted by Gasteiger charge is -1.94. The Morgan fingerprint density at radius 2 is 2.00 bits per heavy atom. The van der Waals surface area contributed by atoms with E-state index < -0.39 is 0 Å². The van der Waals surface area contributed by atoms with Gasteiger partial charge in [0.05, 0.1) is 14.1 Å². The number of carbonyl (C=O) groups is 1. The third-order valence-electron chi connectivity index (χ3n) is 2.04. The predicted octanol–water partition coefficient (Wildman–Crippen LogP) is 4.31. The summed E-state index contributed by atoms with van der Waals surface area (Å²) in [5.41, 5.74) is 1.05. The summed E-state index contributed by atoms with van der Waals surface area (Å²) in [6, 6.07) is 5.58. The molecule has 15 heavy (non-hydrogen) atoms. The number of rotatable bonds is 2. The summed E-state index contributed by atoms with van der Waals surface area (Å²) in [5, 5.41) is 0. The van der Waals surface area contributed by atoms with Crippen LogP contribution in [-0.4, -0.2) is 5.78 Å². The van der Waals surface area contributed by atoms with Gasteiger partial charge in [-0.25, -0.2) is 0 Å². The van der Waals surface area contributed by atoms with Gasteiger partial charge in [0.2, 0.25) is 5.78 Å². The molecule has 0 aromatic carbocycles. The van der Waals surface area contributed by atoms with E-state index in [9.17, 15) is 4.79 Å². The molecule has 0 radical (unpaired) electrons. The molecule has 4 heteroatoms. The van der Waals surface area contributed by atoms with Crippen molar-refractivity contribution in [1.29, 1.82) is 0 Å². The molecule has 0 bridgehead atoms. The zero-order valence-corrected chi connectivity index (χ0v) is 10.7. The third kappa shape index (κ3) is 2.14. The number of ketones is 1. The van der Waals surface area contributed by atoms with Crippen molar-refractivity contribution >= 4 is 40.1 Å². The minimum Gasteiger partial charge on any atom is -0.287 e. The summed E-state index contributed by atoms with van der Waals surface area (Å²) < 4.78 is 0.657. The molecule has 1 nitrogen and oxygen atoms in total. The first-order chi connectivity index (χ1) is 7.08. The van der Waals surface area contributed by atoms with Gasteiger partial charge < -0.3 is 0 Å². The third-order valence-corrected chi connectivity index (χ3v) is 4.43. The van der Waals surface area contributed by atoms with E-state index in [1.54, 1.807) is 23.5 Å². The van der Waals surface area contributed by atoms with Gasteiger partial charge >= 0.3 is 0 Å². The van der Waals surface area contributed by atoms with Crippen LogP contribution in [0.4, 0.5) is 0 Å². The Kier molecular flexibility index (Phi) is 2.96. The Morgan fingerprint density at radius 1 is 1.27 bits per heavy atom. The highest BCUT2D eigenvalue weighted by Crippen LogP contribution is 2.28. The number of aryl methyl sites for hydroxylation is 2. The number of hydrogen-bond acceptors (Lipinski definition) is 3. The van der Waals surface area contributed by atoms with E-state index in [0.717, 1.165) is 10.4 Å². The molecule has 2 heterocycles. The Hall–Kier alpha value is -0.640. The lowest BCUT2D eigenvalue weighted by atomic mass is 10.2. The fraction of sp³-hybridized carbons (Fsp3) is 0.182. The minimum absolute atomic E-state index is 0.0856. The zero-order chi connectivity index (χ0) is 11.0. The fourth-order valence-corrected chi connectivity index (χ4v) is 3.45. The standard InChI is InChI=1S/C11H9ClOS2/c1-6-5-7(2)14-11(6)10(13)8-3-4-9(12)15-8/h3-5H,1-2H3. The molecule has 0 spiro atoms. The van der Waals surface area contributed by atoms with Gasteiger partial charge in [0, 0.05) is 4.88 Å². The fourth-order valence-electron chi connectivity index (χ4n) is 1.42. The smallest absolute Gasteiger partial charge is 0.213 e. The molecule has 0 aliphatic rings. The Bertz CT molecular complexity index is 510. The number of thiophene rings is 2. The van der Waals surface area contributed by atoms with Gasteiger partial charge in [-0.2, -0.15) is 0 Å². The summed E-state index contributed by atoms with van der Waals surface area (Å²) >= 11 is 8.68. The summed E-state index contributed by atoms with van der Waals surface area (Å²) in [7, 11) is 0. The molecule has 0 aliphatic carbocycles. The van der Waals surface area contributed by atoms with E-state index in [2.05, 4.69) is 0 Å². The maximum Gasteiger partial charge on any atom is 0.213 e. The highest BCUT2D eigenvalue weighted by Gasteiger charge is 2.16. The monoisotopic (exact) mass is 256 g/mol. The first-order valence-corrected chi connectivity index (χ1v) is 6.46. The van der Waals surface area contributed by atoms with Crippen molar-refractivity contribution in [3.63, 3.8) is 0 Å². The summed E-state index contributed by atoms with van der Waals surface area (Å²) in [4.78, 5) is 14.8. The number of hydrogen-bond donors (Lipinski definition) is 0. The molecule has 0 aliphatic heterocycles. The summed E-state index contributed by atoms with van der Waals surface area (Å²) in [5.74, 6) is 0.0856. The van der Waals surface area contributed by atoms with Gasteiger partial charge in [-0.1, -0.05) is 11.6 Å². The van der Waals surface area contributed by atoms with Crippen LogP contribution in [0.5, 0.6) is 0 Å². The molecule has 0 atom stereocenters. The lowest BCUT2D eigenvalue weighted by molar-refractivity contribution is 0.104. The summed E-state index contributed by atoms with van der Waals surface area (Å²) in [6.07, 6.45) is 0. The van der Waals surface area contributed by atoms with Crippen molar-refractivity contribution in [2.75, 3.05) is 0 Å². The molecule has 0 saturated heterocycles. The van der Waals surface area contributed by atoms with Crippen molar-refractivity contribution in [3.8, 4) is 0 Å². The molecule has 0 saturated carbocycles. The number of carbonyl (C=O) groups excluding carboxylic acids is 1. The van der Waals surface area contributed by atoms with E-state index in [1.807, 2.05) is 19.9 Å². The van der Waals surface area contributed by atoms with Crippen molar-refractivity contribution in [1.82, 2.24) is 0 Å². The highest BCUT2D eigenvalue weighted by atomic mass is 35.5. The maximum atomic E-state index is 12.1. The first kappa shape index (κ1) is 10.9. The van der Waals surface area contributed by atoms with E-state index in [0.29, 0.717) is 9.21 Å². The van der Waals surface area contributed by atoms with E-state index in [4.69, 9.17) is 11.6 Å². The van der Waals surface area contributed by atoms with Crippen LogP contribution in [0.25, 0.3) is 0 Å². The molecule has 0 fully saturated rings. The molecule has 0 N–H and O–H groups in total. The van der Waals surface area contributed by atoms with E-state index in [1.165, 1.54) is 16.2 Å². The quantitative estimate of drug-likeness (QED) is 0.732. The van der Waals surface area contributed by atoms with Crippen LogP contribution in [0.3, 0.4) is 0 Å². The van der Waals surface area contributed by atoms with Crippen LogP contribution in [-0.2, 0) is 0 Å². The van der Waals surface area contributed by atoms with Crippen LogP contribution in [0, 0.1) is 13.8 Å². The zero-order valence-electron chi connectivity index (χ0n) is 8.33.